The van der Waals surface area contributed by atoms with Crippen molar-refractivity contribution in [3.8, 4) is 11.6 Å². The second-order valence-electron chi connectivity index (χ2n) is 7.75. The molecule has 0 saturated carbocycles. The van der Waals surface area contributed by atoms with Crippen molar-refractivity contribution in [1.29, 1.82) is 0 Å². The van der Waals surface area contributed by atoms with Crippen LogP contribution in [0.2, 0.25) is 0 Å². The minimum absolute atomic E-state index is 0.125. The van der Waals surface area contributed by atoms with Gasteiger partial charge in [-0.15, -0.1) is 0 Å². The number of carbonyl (C=O) groups is 1. The lowest BCUT2D eigenvalue weighted by Crippen LogP contribution is -2.32. The topological polar surface area (TPSA) is 97.6 Å². The van der Waals surface area contributed by atoms with E-state index in [1.807, 2.05) is 0 Å². The molecule has 33 heavy (non-hydrogen) atoms. The number of amides is 1. The molecule has 0 radical (unpaired) electrons. The quantitative estimate of drug-likeness (QED) is 0.409. The van der Waals surface area contributed by atoms with Crippen LogP contribution in [-0.4, -0.2) is 28.9 Å². The number of piperidine rings is 1. The number of nitro benzene ring substituents is 1. The molecule has 170 valence electrons. The molecule has 9 heteroatoms. The molecular formula is C24H23FN4O4. The summed E-state index contributed by atoms with van der Waals surface area (Å²) in [6.07, 6.45) is 4.72. The van der Waals surface area contributed by atoms with Crippen molar-refractivity contribution in [3.63, 3.8) is 0 Å². The largest absolute Gasteiger partial charge is 0.439 e. The number of benzene rings is 2. The highest BCUT2D eigenvalue weighted by atomic mass is 19.1. The third-order valence-corrected chi connectivity index (χ3v) is 5.42. The predicted molar refractivity (Wildman–Crippen MR) is 121 cm³/mol. The van der Waals surface area contributed by atoms with Crippen molar-refractivity contribution < 1.29 is 18.8 Å². The molecule has 0 atom stereocenters. The lowest BCUT2D eigenvalue weighted by Gasteiger charge is -2.30. The summed E-state index contributed by atoms with van der Waals surface area (Å²) in [5.41, 5.74) is 1.59. The highest BCUT2D eigenvalue weighted by Gasteiger charge is 2.21. The Labute approximate surface area is 190 Å². The summed E-state index contributed by atoms with van der Waals surface area (Å²) in [5.74, 6) is -0.0144. The average Bonchev–Trinajstić information content (AvgIpc) is 2.84. The molecule has 1 saturated heterocycles. The molecule has 2 aromatic carbocycles. The number of anilines is 1. The van der Waals surface area contributed by atoms with Gasteiger partial charge in [0.25, 0.3) is 11.6 Å². The Kier molecular flexibility index (Phi) is 6.77. The lowest BCUT2D eigenvalue weighted by molar-refractivity contribution is -0.384. The van der Waals surface area contributed by atoms with Crippen LogP contribution in [0.4, 0.5) is 15.8 Å². The van der Waals surface area contributed by atoms with Crippen LogP contribution in [0, 0.1) is 15.9 Å². The summed E-state index contributed by atoms with van der Waals surface area (Å²) in [5, 5.41) is 14.1. The number of nitrogens with one attached hydrogen (secondary N) is 1. The van der Waals surface area contributed by atoms with Crippen molar-refractivity contribution in [2.75, 3.05) is 18.0 Å². The highest BCUT2D eigenvalue weighted by molar-refractivity contribution is 6.00. The number of rotatable bonds is 7. The van der Waals surface area contributed by atoms with E-state index in [-0.39, 0.29) is 23.6 Å². The number of aromatic nitrogens is 1. The summed E-state index contributed by atoms with van der Waals surface area (Å²) in [7, 11) is 0. The number of non-ortho nitro benzene ring substituents is 1. The van der Waals surface area contributed by atoms with Crippen LogP contribution in [0.5, 0.6) is 11.6 Å². The van der Waals surface area contributed by atoms with E-state index in [9.17, 15) is 19.3 Å². The zero-order valence-corrected chi connectivity index (χ0v) is 17.9. The van der Waals surface area contributed by atoms with Crippen LogP contribution in [0.1, 0.15) is 35.2 Å². The molecule has 1 aliphatic rings. The van der Waals surface area contributed by atoms with E-state index in [2.05, 4.69) is 15.2 Å². The van der Waals surface area contributed by atoms with Crippen molar-refractivity contribution in [1.82, 2.24) is 10.3 Å². The van der Waals surface area contributed by atoms with Gasteiger partial charge in [0.05, 0.1) is 16.2 Å². The molecular weight excluding hydrogens is 427 g/mol. The number of halogens is 1. The fraction of sp³-hybridized carbons (Fsp3) is 0.250. The van der Waals surface area contributed by atoms with Gasteiger partial charge in [-0.05, 0) is 61.2 Å². The van der Waals surface area contributed by atoms with Gasteiger partial charge in [0.1, 0.15) is 11.6 Å². The summed E-state index contributed by atoms with van der Waals surface area (Å²) in [6, 6.07) is 13.4. The van der Waals surface area contributed by atoms with E-state index in [1.165, 1.54) is 36.4 Å². The molecule has 1 N–H and O–H groups in total. The van der Waals surface area contributed by atoms with Gasteiger partial charge >= 0.3 is 0 Å². The van der Waals surface area contributed by atoms with Gasteiger partial charge < -0.3 is 15.0 Å². The van der Waals surface area contributed by atoms with Crippen LogP contribution in [0.3, 0.4) is 0 Å². The molecule has 0 bridgehead atoms. The van der Waals surface area contributed by atoms with E-state index >= 15 is 0 Å². The van der Waals surface area contributed by atoms with Crippen LogP contribution in [-0.2, 0) is 6.54 Å². The van der Waals surface area contributed by atoms with Crippen molar-refractivity contribution in [2.24, 2.45) is 0 Å². The van der Waals surface area contributed by atoms with Crippen LogP contribution >= 0.6 is 0 Å². The van der Waals surface area contributed by atoms with Gasteiger partial charge in [-0.2, -0.15) is 0 Å². The summed E-state index contributed by atoms with van der Waals surface area (Å²) < 4.78 is 18.7. The lowest BCUT2D eigenvalue weighted by atomic mass is 10.1. The standard InChI is InChI=1S/C24H23FN4O4/c25-18-4-7-20(8-5-18)33-23-14-17(10-11-26-23)16-27-24(30)21-15-19(29(31)32)6-9-22(21)28-12-2-1-3-13-28/h4-11,14-15H,1-3,12-13,16H2,(H,27,30). The maximum absolute atomic E-state index is 13.1. The number of pyridine rings is 1. The molecule has 1 fully saturated rings. The van der Waals surface area contributed by atoms with Gasteiger partial charge in [0.2, 0.25) is 5.88 Å². The van der Waals surface area contributed by atoms with Gasteiger partial charge in [-0.1, -0.05) is 0 Å². The third-order valence-electron chi connectivity index (χ3n) is 5.42. The number of ether oxygens (including phenoxy) is 1. The Balaban J connectivity index is 1.48. The number of nitro groups is 1. The summed E-state index contributed by atoms with van der Waals surface area (Å²) in [4.78, 5) is 30.0. The Bertz CT molecular complexity index is 1150. The summed E-state index contributed by atoms with van der Waals surface area (Å²) >= 11 is 0. The number of hydrogen-bond donors (Lipinski definition) is 1. The first-order valence-corrected chi connectivity index (χ1v) is 10.7. The van der Waals surface area contributed by atoms with Crippen LogP contribution in [0.25, 0.3) is 0 Å². The molecule has 1 aromatic heterocycles. The van der Waals surface area contributed by atoms with E-state index in [0.29, 0.717) is 17.3 Å². The predicted octanol–water partition coefficient (Wildman–Crippen LogP) is 4.84. The molecule has 2 heterocycles. The molecule has 0 aliphatic carbocycles. The Morgan fingerprint density at radius 3 is 2.58 bits per heavy atom. The van der Waals surface area contributed by atoms with Gasteiger partial charge in [0, 0.05) is 44.0 Å². The first-order chi connectivity index (χ1) is 16.0. The molecule has 0 spiro atoms. The third kappa shape index (κ3) is 5.62. The minimum Gasteiger partial charge on any atom is -0.439 e. The SMILES string of the molecule is O=C(NCc1ccnc(Oc2ccc(F)cc2)c1)c1cc([N+](=O)[O-])ccc1N1CCCCC1. The average molecular weight is 450 g/mol. The molecule has 3 aromatic rings. The fourth-order valence-corrected chi connectivity index (χ4v) is 3.75. The fourth-order valence-electron chi connectivity index (χ4n) is 3.75. The summed E-state index contributed by atoms with van der Waals surface area (Å²) in [6.45, 7) is 1.81. The number of hydrogen-bond acceptors (Lipinski definition) is 6. The van der Waals surface area contributed by atoms with E-state index in [1.54, 1.807) is 24.4 Å². The molecule has 0 unspecified atom stereocenters. The van der Waals surface area contributed by atoms with E-state index < -0.39 is 10.8 Å². The van der Waals surface area contributed by atoms with Crippen molar-refractivity contribution in [2.45, 2.75) is 25.8 Å². The zero-order chi connectivity index (χ0) is 23.2. The van der Waals surface area contributed by atoms with Crippen LogP contribution < -0.4 is 15.0 Å². The molecule has 8 nitrogen and oxygen atoms in total. The maximum Gasteiger partial charge on any atom is 0.270 e. The molecule has 4 rings (SSSR count). The van der Waals surface area contributed by atoms with Crippen LogP contribution in [0.15, 0.2) is 60.8 Å². The Morgan fingerprint density at radius 1 is 1.09 bits per heavy atom. The zero-order valence-electron chi connectivity index (χ0n) is 17.9. The second kappa shape index (κ2) is 10.1. The second-order valence-corrected chi connectivity index (χ2v) is 7.75. The van der Waals surface area contributed by atoms with Crippen molar-refractivity contribution >= 4 is 17.3 Å². The normalized spacial score (nSPS) is 13.4. The number of carbonyl (C=O) groups excluding carboxylic acids is 1. The molecule has 1 amide bonds. The highest BCUT2D eigenvalue weighted by Crippen LogP contribution is 2.28. The smallest absolute Gasteiger partial charge is 0.270 e. The Morgan fingerprint density at radius 2 is 1.85 bits per heavy atom. The first kappa shape index (κ1) is 22.2. The van der Waals surface area contributed by atoms with E-state index in [0.717, 1.165) is 37.9 Å². The Hall–Kier alpha value is -4.01. The minimum atomic E-state index is -0.501. The number of nitrogens with zero attached hydrogens (tertiary/aromatic N) is 3. The van der Waals surface area contributed by atoms with Gasteiger partial charge in [0.15, 0.2) is 0 Å². The van der Waals surface area contributed by atoms with Gasteiger partial charge in [-0.25, -0.2) is 9.37 Å². The maximum atomic E-state index is 13.1. The van der Waals surface area contributed by atoms with Gasteiger partial charge in [-0.3, -0.25) is 14.9 Å². The van der Waals surface area contributed by atoms with Crippen molar-refractivity contribution in [3.05, 3.63) is 87.9 Å². The monoisotopic (exact) mass is 450 g/mol. The van der Waals surface area contributed by atoms with E-state index in [4.69, 9.17) is 4.74 Å². The molecule has 1 aliphatic heterocycles. The first-order valence-electron chi connectivity index (χ1n) is 10.7.